The van der Waals surface area contributed by atoms with Crippen LogP contribution in [0.5, 0.6) is 0 Å². The topological polar surface area (TPSA) is 38.0 Å². The first-order valence-corrected chi connectivity index (χ1v) is 11.0. The molecule has 0 unspecified atom stereocenters. The average molecular weight is 369 g/mol. The van der Waals surface area contributed by atoms with E-state index in [9.17, 15) is 5.11 Å². The van der Waals surface area contributed by atoms with Crippen molar-refractivity contribution in [2.45, 2.75) is 96.5 Å². The summed E-state index contributed by atoms with van der Waals surface area (Å²) in [5.74, 6) is 1.76. The van der Waals surface area contributed by atoms with E-state index >= 15 is 0 Å². The molecule has 3 rings (SSSR count). The molecule has 1 aromatic carbocycles. The number of benzene rings is 1. The average Bonchev–Trinajstić information content (AvgIpc) is 3.09. The normalized spacial score (nSPS) is 20.3. The van der Waals surface area contributed by atoms with Gasteiger partial charge in [0.2, 0.25) is 0 Å². The van der Waals surface area contributed by atoms with Crippen molar-refractivity contribution in [1.82, 2.24) is 9.55 Å². The Labute approximate surface area is 164 Å². The lowest BCUT2D eigenvalue weighted by Crippen LogP contribution is -2.25. The van der Waals surface area contributed by atoms with Crippen molar-refractivity contribution in [3.05, 3.63) is 47.5 Å². The number of nitrogens with zero attached hydrogens (tertiary/aromatic N) is 2. The molecule has 3 nitrogen and oxygen atoms in total. The zero-order valence-corrected chi connectivity index (χ0v) is 17.3. The maximum atomic E-state index is 10.6. The van der Waals surface area contributed by atoms with E-state index in [2.05, 4.69) is 55.8 Å². The van der Waals surface area contributed by atoms with E-state index in [4.69, 9.17) is 4.98 Å². The Morgan fingerprint density at radius 2 is 1.81 bits per heavy atom. The largest absolute Gasteiger partial charge is 0.392 e. The van der Waals surface area contributed by atoms with Crippen LogP contribution in [0, 0.1) is 0 Å². The standard InChI is InChI=1S/C24H36N2O/c1-4-5-6-7-10-20-17-26(21-15-13-19(14-16-21)18(2)3)24(25-20)22-11-8-9-12-23(22)27/h13-18,22-23,27H,4-12H2,1-3H3/t22-,23+/m1/s1. The molecule has 1 fully saturated rings. The Hall–Kier alpha value is -1.61. The molecule has 1 aliphatic carbocycles. The summed E-state index contributed by atoms with van der Waals surface area (Å²) in [5, 5.41) is 10.6. The van der Waals surface area contributed by atoms with Crippen molar-refractivity contribution < 1.29 is 5.11 Å². The van der Waals surface area contributed by atoms with Gasteiger partial charge in [-0.1, -0.05) is 65.0 Å². The van der Waals surface area contributed by atoms with Crippen LogP contribution in [0.4, 0.5) is 0 Å². The molecule has 0 bridgehead atoms. The van der Waals surface area contributed by atoms with Gasteiger partial charge in [-0.05, 0) is 49.3 Å². The minimum absolute atomic E-state index is 0.160. The van der Waals surface area contributed by atoms with Crippen molar-refractivity contribution in [2.75, 3.05) is 0 Å². The van der Waals surface area contributed by atoms with E-state index in [1.807, 2.05) is 0 Å². The number of aliphatic hydroxyl groups excluding tert-OH is 1. The zero-order chi connectivity index (χ0) is 19.2. The molecule has 1 saturated carbocycles. The lowest BCUT2D eigenvalue weighted by atomic mass is 9.86. The Kier molecular flexibility index (Phi) is 7.12. The van der Waals surface area contributed by atoms with E-state index in [0.29, 0.717) is 5.92 Å². The number of hydrogen-bond acceptors (Lipinski definition) is 2. The number of aryl methyl sites for hydroxylation is 1. The third-order valence-electron chi connectivity index (χ3n) is 5.97. The van der Waals surface area contributed by atoms with E-state index in [-0.39, 0.29) is 12.0 Å². The molecule has 0 radical (unpaired) electrons. The van der Waals surface area contributed by atoms with Crippen molar-refractivity contribution in [3.63, 3.8) is 0 Å². The second-order valence-electron chi connectivity index (χ2n) is 8.48. The van der Waals surface area contributed by atoms with E-state index in [0.717, 1.165) is 31.5 Å². The highest BCUT2D eigenvalue weighted by Crippen LogP contribution is 2.34. The summed E-state index contributed by atoms with van der Waals surface area (Å²) < 4.78 is 2.25. The molecular formula is C24H36N2O. The molecule has 0 spiro atoms. The van der Waals surface area contributed by atoms with Gasteiger partial charge in [0.15, 0.2) is 0 Å². The Morgan fingerprint density at radius 1 is 1.07 bits per heavy atom. The molecule has 1 aliphatic rings. The number of hydrogen-bond donors (Lipinski definition) is 1. The second-order valence-corrected chi connectivity index (χ2v) is 8.48. The summed E-state index contributed by atoms with van der Waals surface area (Å²) in [5.41, 5.74) is 3.70. The van der Waals surface area contributed by atoms with Crippen LogP contribution in [0.1, 0.15) is 101 Å². The van der Waals surface area contributed by atoms with Crippen molar-refractivity contribution in [2.24, 2.45) is 0 Å². The minimum Gasteiger partial charge on any atom is -0.392 e. The molecule has 0 saturated heterocycles. The summed E-state index contributed by atoms with van der Waals surface area (Å²) in [4.78, 5) is 5.02. The van der Waals surface area contributed by atoms with Crippen LogP contribution in [0.2, 0.25) is 0 Å². The molecule has 148 valence electrons. The zero-order valence-electron chi connectivity index (χ0n) is 17.3. The first kappa shape index (κ1) is 20.1. The van der Waals surface area contributed by atoms with Crippen LogP contribution in [0.25, 0.3) is 5.69 Å². The van der Waals surface area contributed by atoms with Crippen LogP contribution in [-0.2, 0) is 6.42 Å². The fourth-order valence-corrected chi connectivity index (χ4v) is 4.20. The summed E-state index contributed by atoms with van der Waals surface area (Å²) in [6.07, 6.45) is 12.3. The number of imidazole rings is 1. The minimum atomic E-state index is -0.261. The summed E-state index contributed by atoms with van der Waals surface area (Å²) >= 11 is 0. The third-order valence-corrected chi connectivity index (χ3v) is 5.97. The van der Waals surface area contributed by atoms with Gasteiger partial charge in [-0.3, -0.25) is 0 Å². The molecule has 27 heavy (non-hydrogen) atoms. The molecule has 2 aromatic rings. The summed E-state index contributed by atoms with van der Waals surface area (Å²) in [7, 11) is 0. The Bertz CT molecular complexity index is 702. The summed E-state index contributed by atoms with van der Waals surface area (Å²) in [6, 6.07) is 8.86. The van der Waals surface area contributed by atoms with Gasteiger partial charge in [-0.25, -0.2) is 4.98 Å². The number of rotatable bonds is 8. The molecule has 2 atom stereocenters. The van der Waals surface area contributed by atoms with Crippen molar-refractivity contribution in [3.8, 4) is 5.69 Å². The van der Waals surface area contributed by atoms with Crippen LogP contribution < -0.4 is 0 Å². The van der Waals surface area contributed by atoms with Gasteiger partial charge in [-0.15, -0.1) is 0 Å². The predicted molar refractivity (Wildman–Crippen MR) is 113 cm³/mol. The Morgan fingerprint density at radius 3 is 2.48 bits per heavy atom. The van der Waals surface area contributed by atoms with Crippen LogP contribution >= 0.6 is 0 Å². The fourth-order valence-electron chi connectivity index (χ4n) is 4.20. The number of aromatic nitrogens is 2. The number of unbranched alkanes of at least 4 members (excludes halogenated alkanes) is 3. The highest BCUT2D eigenvalue weighted by Gasteiger charge is 2.29. The molecule has 1 heterocycles. The van der Waals surface area contributed by atoms with Crippen LogP contribution in [-0.4, -0.2) is 20.8 Å². The van der Waals surface area contributed by atoms with Gasteiger partial charge >= 0.3 is 0 Å². The molecule has 0 aliphatic heterocycles. The van der Waals surface area contributed by atoms with Crippen molar-refractivity contribution in [1.29, 1.82) is 0 Å². The number of aliphatic hydroxyl groups is 1. The van der Waals surface area contributed by atoms with Crippen molar-refractivity contribution >= 4 is 0 Å². The molecule has 1 N–H and O–H groups in total. The SMILES string of the molecule is CCCCCCc1cn(-c2ccc(C(C)C)cc2)c([C@@H]2CCCC[C@@H]2O)n1. The second kappa shape index (κ2) is 9.54. The first-order chi connectivity index (χ1) is 13.1. The fraction of sp³-hybridized carbons (Fsp3) is 0.625. The predicted octanol–water partition coefficient (Wildman–Crippen LogP) is 6.14. The van der Waals surface area contributed by atoms with Gasteiger partial charge in [0.05, 0.1) is 11.8 Å². The van der Waals surface area contributed by atoms with Gasteiger partial charge in [0, 0.05) is 17.8 Å². The van der Waals surface area contributed by atoms with E-state index in [1.54, 1.807) is 0 Å². The monoisotopic (exact) mass is 368 g/mol. The van der Waals surface area contributed by atoms with E-state index in [1.165, 1.54) is 49.0 Å². The third kappa shape index (κ3) is 5.01. The van der Waals surface area contributed by atoms with Crippen LogP contribution in [0.15, 0.2) is 30.5 Å². The quantitative estimate of drug-likeness (QED) is 0.569. The lowest BCUT2D eigenvalue weighted by molar-refractivity contribution is 0.102. The van der Waals surface area contributed by atoms with E-state index < -0.39 is 0 Å². The van der Waals surface area contributed by atoms with Gasteiger partial charge < -0.3 is 9.67 Å². The molecule has 1 aromatic heterocycles. The first-order valence-electron chi connectivity index (χ1n) is 11.0. The molecule has 0 amide bonds. The lowest BCUT2D eigenvalue weighted by Gasteiger charge is -2.27. The summed E-state index contributed by atoms with van der Waals surface area (Å²) in [6.45, 7) is 6.70. The van der Waals surface area contributed by atoms with Crippen LogP contribution in [0.3, 0.4) is 0 Å². The highest BCUT2D eigenvalue weighted by molar-refractivity contribution is 5.38. The maximum Gasteiger partial charge on any atom is 0.119 e. The smallest absolute Gasteiger partial charge is 0.119 e. The van der Waals surface area contributed by atoms with Gasteiger partial charge in [-0.2, -0.15) is 0 Å². The highest BCUT2D eigenvalue weighted by atomic mass is 16.3. The molecular weight excluding hydrogens is 332 g/mol. The van der Waals surface area contributed by atoms with Gasteiger partial charge in [0.25, 0.3) is 0 Å². The Balaban J connectivity index is 1.88. The van der Waals surface area contributed by atoms with Gasteiger partial charge in [0.1, 0.15) is 5.82 Å². The maximum absolute atomic E-state index is 10.6. The molecule has 3 heteroatoms.